The van der Waals surface area contributed by atoms with Crippen molar-refractivity contribution in [3.63, 3.8) is 0 Å². The highest BCUT2D eigenvalue weighted by Gasteiger charge is 2.56. The van der Waals surface area contributed by atoms with Gasteiger partial charge in [-0.3, -0.25) is 29.3 Å². The second-order valence-corrected chi connectivity index (χ2v) is 12.2. The van der Waals surface area contributed by atoms with E-state index in [2.05, 4.69) is 10.3 Å². The van der Waals surface area contributed by atoms with Gasteiger partial charge in [0, 0.05) is 22.9 Å². The first-order valence-electron chi connectivity index (χ1n) is 13.1. The molecular formula is C29H19F3N4O7S2. The van der Waals surface area contributed by atoms with Crippen LogP contribution in [-0.4, -0.2) is 39.5 Å². The third kappa shape index (κ3) is 5.69. The summed E-state index contributed by atoms with van der Waals surface area (Å²) in [5.74, 6) is -3.26. The molecule has 0 bridgehead atoms. The van der Waals surface area contributed by atoms with E-state index in [0.717, 1.165) is 40.1 Å². The summed E-state index contributed by atoms with van der Waals surface area (Å²) < 4.78 is 45.2. The van der Waals surface area contributed by atoms with Crippen LogP contribution in [-0.2, 0) is 20.6 Å². The summed E-state index contributed by atoms with van der Waals surface area (Å²) in [7, 11) is 0. The minimum absolute atomic E-state index is 0.182. The first-order chi connectivity index (χ1) is 21.4. The van der Waals surface area contributed by atoms with Gasteiger partial charge in [0.15, 0.2) is 6.61 Å². The molecule has 0 aliphatic carbocycles. The first kappa shape index (κ1) is 30.1. The number of carbonyl (C=O) groups excluding carboxylic acids is 3. The number of para-hydroxylation sites is 1. The van der Waals surface area contributed by atoms with Crippen molar-refractivity contribution in [2.24, 2.45) is 5.92 Å². The highest BCUT2D eigenvalue weighted by molar-refractivity contribution is 8.00. The van der Waals surface area contributed by atoms with Gasteiger partial charge in [0.2, 0.25) is 11.8 Å². The number of amides is 3. The number of carbonyl (C=O) groups is 3. The van der Waals surface area contributed by atoms with E-state index in [1.807, 2.05) is 0 Å². The molecule has 45 heavy (non-hydrogen) atoms. The molecule has 16 heteroatoms. The van der Waals surface area contributed by atoms with Crippen LogP contribution < -0.4 is 19.8 Å². The molecule has 11 nitrogen and oxygen atoms in total. The molecule has 1 aromatic heterocycles. The predicted molar refractivity (Wildman–Crippen MR) is 158 cm³/mol. The van der Waals surface area contributed by atoms with Crippen molar-refractivity contribution in [2.45, 2.75) is 22.4 Å². The summed E-state index contributed by atoms with van der Waals surface area (Å²) in [6.45, 7) is -0.586. The van der Waals surface area contributed by atoms with E-state index in [0.29, 0.717) is 15.5 Å². The molecule has 3 heterocycles. The number of H-pyrrole nitrogens is 1. The van der Waals surface area contributed by atoms with Gasteiger partial charge in [0.25, 0.3) is 11.6 Å². The van der Waals surface area contributed by atoms with Crippen molar-refractivity contribution in [3.8, 4) is 5.75 Å². The summed E-state index contributed by atoms with van der Waals surface area (Å²) in [6, 6.07) is 15.8. The number of nitrogens with one attached hydrogen (secondary N) is 2. The molecule has 2 aliphatic heterocycles. The summed E-state index contributed by atoms with van der Waals surface area (Å²) >= 11 is 1.99. The maximum atomic E-state index is 13.8. The van der Waals surface area contributed by atoms with Crippen LogP contribution in [0, 0.1) is 16.0 Å². The first-order valence-corrected chi connectivity index (χ1v) is 14.8. The predicted octanol–water partition coefficient (Wildman–Crippen LogP) is 5.18. The van der Waals surface area contributed by atoms with Crippen molar-refractivity contribution in [2.75, 3.05) is 16.8 Å². The number of ether oxygens (including phenoxy) is 1. The fraction of sp³-hybridized carbons (Fsp3) is 0.172. The lowest BCUT2D eigenvalue weighted by Gasteiger charge is -2.29. The number of nitro groups is 1. The molecule has 3 amide bonds. The molecule has 1 fully saturated rings. The Hall–Kier alpha value is -4.96. The Balaban J connectivity index is 1.22. The van der Waals surface area contributed by atoms with Crippen LogP contribution in [0.2, 0.25) is 0 Å². The minimum Gasteiger partial charge on any atom is -0.484 e. The number of halogens is 3. The van der Waals surface area contributed by atoms with Crippen molar-refractivity contribution in [3.05, 3.63) is 109 Å². The van der Waals surface area contributed by atoms with Crippen LogP contribution in [0.1, 0.15) is 21.9 Å². The lowest BCUT2D eigenvalue weighted by Crippen LogP contribution is -2.32. The van der Waals surface area contributed by atoms with Gasteiger partial charge in [0.1, 0.15) is 11.0 Å². The van der Waals surface area contributed by atoms with Gasteiger partial charge < -0.3 is 15.0 Å². The number of hydrogen-bond acceptors (Lipinski definition) is 9. The number of aromatic nitrogens is 1. The Morgan fingerprint density at radius 3 is 2.36 bits per heavy atom. The van der Waals surface area contributed by atoms with Crippen molar-refractivity contribution >= 4 is 57.9 Å². The third-order valence-electron chi connectivity index (χ3n) is 7.26. The summed E-state index contributed by atoms with van der Waals surface area (Å²) in [5.41, 5.74) is -0.845. The zero-order valence-electron chi connectivity index (χ0n) is 22.6. The smallest absolute Gasteiger partial charge is 0.418 e. The molecule has 0 unspecified atom stereocenters. The van der Waals surface area contributed by atoms with E-state index in [1.54, 1.807) is 12.1 Å². The maximum absolute atomic E-state index is 13.8. The van der Waals surface area contributed by atoms with Crippen molar-refractivity contribution < 1.29 is 37.2 Å². The molecular weight excluding hydrogens is 637 g/mol. The Labute approximate surface area is 259 Å². The lowest BCUT2D eigenvalue weighted by atomic mass is 9.83. The van der Waals surface area contributed by atoms with Gasteiger partial charge >= 0.3 is 11.0 Å². The molecule has 230 valence electrons. The van der Waals surface area contributed by atoms with Crippen molar-refractivity contribution in [1.29, 1.82) is 0 Å². The number of non-ortho nitro benzene ring substituents is 1. The quantitative estimate of drug-likeness (QED) is 0.157. The van der Waals surface area contributed by atoms with Gasteiger partial charge in [0.05, 0.1) is 32.8 Å². The highest BCUT2D eigenvalue weighted by Crippen LogP contribution is 2.53. The van der Waals surface area contributed by atoms with E-state index in [4.69, 9.17) is 4.74 Å². The zero-order valence-corrected chi connectivity index (χ0v) is 24.2. The number of alkyl halides is 3. The highest BCUT2D eigenvalue weighted by atomic mass is 32.2. The molecule has 4 aromatic rings. The number of rotatable bonds is 7. The number of fused-ring (bicyclic) bond motifs is 2. The van der Waals surface area contributed by atoms with E-state index in [-0.39, 0.29) is 22.0 Å². The van der Waals surface area contributed by atoms with Crippen LogP contribution in [0.3, 0.4) is 0 Å². The number of anilines is 2. The zero-order chi connectivity index (χ0) is 32.0. The number of thioether (sulfide) groups is 1. The van der Waals surface area contributed by atoms with E-state index in [1.165, 1.54) is 48.5 Å². The molecule has 6 rings (SSSR count). The SMILES string of the molecule is O=C(COc1ccc([C@@H]2c3sc(=O)[nH]c3S[C@H]3C(=O)N(c4ccc([N+](=O)[O-])cc4)C(=O)[C@@H]23)cc1)Nc1ccccc1C(F)(F)F. The second-order valence-electron chi connectivity index (χ2n) is 9.98. The lowest BCUT2D eigenvalue weighted by molar-refractivity contribution is -0.384. The normalized spacial score (nSPS) is 19.2. The maximum Gasteiger partial charge on any atom is 0.418 e. The number of aromatic amines is 1. The third-order valence-corrected chi connectivity index (χ3v) is 9.66. The Bertz CT molecular complexity index is 1890. The van der Waals surface area contributed by atoms with E-state index < -0.39 is 63.8 Å². The molecule has 3 atom stereocenters. The van der Waals surface area contributed by atoms with Gasteiger partial charge in [-0.25, -0.2) is 4.90 Å². The molecule has 3 aromatic carbocycles. The van der Waals surface area contributed by atoms with Crippen molar-refractivity contribution in [1.82, 2.24) is 4.98 Å². The molecule has 0 radical (unpaired) electrons. The van der Waals surface area contributed by atoms with Gasteiger partial charge in [-0.05, 0) is 42.0 Å². The monoisotopic (exact) mass is 656 g/mol. The molecule has 1 saturated heterocycles. The molecule has 2 N–H and O–H groups in total. The Kier molecular flexibility index (Phi) is 7.70. The van der Waals surface area contributed by atoms with Crippen LogP contribution in [0.4, 0.5) is 30.2 Å². The molecule has 2 aliphatic rings. The summed E-state index contributed by atoms with van der Waals surface area (Å²) in [6.07, 6.45) is -4.66. The average Bonchev–Trinajstić information content (AvgIpc) is 3.50. The van der Waals surface area contributed by atoms with Gasteiger partial charge in [-0.2, -0.15) is 13.2 Å². The van der Waals surface area contributed by atoms with Gasteiger partial charge in [-0.1, -0.05) is 47.4 Å². The van der Waals surface area contributed by atoms with Gasteiger partial charge in [-0.15, -0.1) is 0 Å². The number of benzene rings is 3. The van der Waals surface area contributed by atoms with E-state index in [9.17, 15) is 42.5 Å². The minimum atomic E-state index is -4.66. The summed E-state index contributed by atoms with van der Waals surface area (Å²) in [4.78, 5) is 66.4. The van der Waals surface area contributed by atoms with E-state index >= 15 is 0 Å². The topological polar surface area (TPSA) is 152 Å². The number of hydrogen-bond donors (Lipinski definition) is 2. The molecule has 0 saturated carbocycles. The average molecular weight is 657 g/mol. The number of nitro benzene ring substituents is 1. The fourth-order valence-corrected chi connectivity index (χ4v) is 7.82. The number of thiazole rings is 1. The number of imide groups is 1. The Morgan fingerprint density at radius 1 is 1.00 bits per heavy atom. The van der Waals surface area contributed by atoms with Crippen LogP contribution >= 0.6 is 23.1 Å². The van der Waals surface area contributed by atoms with Crippen LogP contribution in [0.15, 0.2) is 82.6 Å². The number of nitrogens with zero attached hydrogens (tertiary/aromatic N) is 2. The summed E-state index contributed by atoms with van der Waals surface area (Å²) in [5, 5.41) is 12.8. The standard InChI is InChI=1S/C29H19F3N4O7S2/c30-29(31,32)18-3-1-2-4-19(18)33-20(37)13-43-17-11-5-14(6-12-17)21-22-24(44-25-23(21)45-28(40)34-25)27(39)35(26(22)38)15-7-9-16(10-8-15)36(41)42/h1-12,21-22,24H,13H2,(H,33,37)(H,34,40)/t21-,22-,24+/m0/s1. The fourth-order valence-electron chi connectivity index (χ4n) is 5.30. The largest absolute Gasteiger partial charge is 0.484 e. The van der Waals surface area contributed by atoms with Crippen LogP contribution in [0.25, 0.3) is 0 Å². The molecule has 0 spiro atoms. The van der Waals surface area contributed by atoms with Crippen LogP contribution in [0.5, 0.6) is 5.75 Å². The Morgan fingerprint density at radius 2 is 1.69 bits per heavy atom. The second kappa shape index (κ2) is 11.5.